The standard InChI is InChI=1S/C18H12ClF2NO4/c1-24-10-4-3-9(16(6-10)25-2)5-15-18(23)26-17(22-15)11-7-13(20)14(21)8-12(11)19/h3-8H,1-2H3. The number of aliphatic imine (C=N–C) groups is 1. The molecule has 1 heterocycles. The van der Waals surface area contributed by atoms with Crippen LogP contribution in [0.3, 0.4) is 0 Å². The number of hydrogen-bond acceptors (Lipinski definition) is 5. The van der Waals surface area contributed by atoms with E-state index in [4.69, 9.17) is 25.8 Å². The van der Waals surface area contributed by atoms with Gasteiger partial charge in [-0.05, 0) is 30.3 Å². The number of carbonyl (C=O) groups excluding carboxylic acids is 1. The van der Waals surface area contributed by atoms with Crippen molar-refractivity contribution in [1.82, 2.24) is 0 Å². The molecule has 0 aromatic heterocycles. The third-order valence-corrected chi connectivity index (χ3v) is 3.91. The number of carbonyl (C=O) groups is 1. The summed E-state index contributed by atoms with van der Waals surface area (Å²) in [7, 11) is 2.99. The Kier molecular flexibility index (Phi) is 4.90. The minimum absolute atomic E-state index is 0.0241. The molecule has 1 aliphatic heterocycles. The fourth-order valence-corrected chi connectivity index (χ4v) is 2.53. The van der Waals surface area contributed by atoms with E-state index in [1.165, 1.54) is 20.3 Å². The van der Waals surface area contributed by atoms with Crippen molar-refractivity contribution in [2.24, 2.45) is 4.99 Å². The van der Waals surface area contributed by atoms with Crippen LogP contribution in [0.25, 0.3) is 6.08 Å². The predicted octanol–water partition coefficient (Wildman–Crippen LogP) is 3.98. The quantitative estimate of drug-likeness (QED) is 0.458. The van der Waals surface area contributed by atoms with Crippen LogP contribution >= 0.6 is 11.6 Å². The highest BCUT2D eigenvalue weighted by molar-refractivity contribution is 6.34. The van der Waals surface area contributed by atoms with Crippen LogP contribution in [0.4, 0.5) is 8.78 Å². The van der Waals surface area contributed by atoms with E-state index in [1.54, 1.807) is 18.2 Å². The van der Waals surface area contributed by atoms with Crippen LogP contribution in [-0.2, 0) is 9.53 Å². The van der Waals surface area contributed by atoms with Gasteiger partial charge in [0.25, 0.3) is 0 Å². The Morgan fingerprint density at radius 3 is 2.54 bits per heavy atom. The van der Waals surface area contributed by atoms with E-state index >= 15 is 0 Å². The molecule has 5 nitrogen and oxygen atoms in total. The first-order valence-corrected chi connectivity index (χ1v) is 7.70. The number of cyclic esters (lactones) is 1. The average molecular weight is 380 g/mol. The molecule has 26 heavy (non-hydrogen) atoms. The second-order valence-corrected chi connectivity index (χ2v) is 5.60. The lowest BCUT2D eigenvalue weighted by Crippen LogP contribution is -2.07. The van der Waals surface area contributed by atoms with Gasteiger partial charge in [0.05, 0.1) is 24.8 Å². The van der Waals surface area contributed by atoms with Crippen LogP contribution in [-0.4, -0.2) is 26.1 Å². The maximum absolute atomic E-state index is 13.5. The molecule has 0 spiro atoms. The van der Waals surface area contributed by atoms with Crippen LogP contribution in [0.2, 0.25) is 5.02 Å². The SMILES string of the molecule is COc1ccc(C=C2N=C(c3cc(F)c(F)cc3Cl)OC2=O)c(OC)c1. The summed E-state index contributed by atoms with van der Waals surface area (Å²) in [5.41, 5.74) is 0.495. The Hall–Kier alpha value is -2.93. The highest BCUT2D eigenvalue weighted by Gasteiger charge is 2.27. The second kappa shape index (κ2) is 7.13. The number of hydrogen-bond donors (Lipinski definition) is 0. The van der Waals surface area contributed by atoms with Gasteiger partial charge in [0, 0.05) is 11.6 Å². The predicted molar refractivity (Wildman–Crippen MR) is 91.5 cm³/mol. The topological polar surface area (TPSA) is 57.1 Å². The number of rotatable bonds is 4. The number of nitrogens with zero attached hydrogens (tertiary/aromatic N) is 1. The van der Waals surface area contributed by atoms with Crippen molar-refractivity contribution in [3.8, 4) is 11.5 Å². The zero-order valence-corrected chi connectivity index (χ0v) is 14.4. The highest BCUT2D eigenvalue weighted by atomic mass is 35.5. The van der Waals surface area contributed by atoms with Crippen LogP contribution in [0.5, 0.6) is 11.5 Å². The van der Waals surface area contributed by atoms with Gasteiger partial charge in [-0.25, -0.2) is 18.6 Å². The molecule has 3 rings (SSSR count). The molecule has 0 aliphatic carbocycles. The molecule has 1 aliphatic rings. The maximum Gasteiger partial charge on any atom is 0.363 e. The van der Waals surface area contributed by atoms with E-state index < -0.39 is 17.6 Å². The number of halogens is 3. The molecule has 2 aromatic rings. The van der Waals surface area contributed by atoms with Crippen molar-refractivity contribution < 1.29 is 27.8 Å². The van der Waals surface area contributed by atoms with Gasteiger partial charge >= 0.3 is 5.97 Å². The van der Waals surface area contributed by atoms with Gasteiger partial charge in [0.2, 0.25) is 5.90 Å². The van der Waals surface area contributed by atoms with E-state index in [-0.39, 0.29) is 22.2 Å². The van der Waals surface area contributed by atoms with Gasteiger partial charge in [0.1, 0.15) is 11.5 Å². The van der Waals surface area contributed by atoms with Crippen molar-refractivity contribution in [2.75, 3.05) is 14.2 Å². The molecule has 0 radical (unpaired) electrons. The van der Waals surface area contributed by atoms with Crippen LogP contribution in [0.15, 0.2) is 41.0 Å². The molecule has 8 heteroatoms. The Balaban J connectivity index is 2.01. The fraction of sp³-hybridized carbons (Fsp3) is 0.111. The lowest BCUT2D eigenvalue weighted by molar-refractivity contribution is -0.129. The van der Waals surface area contributed by atoms with Crippen molar-refractivity contribution in [1.29, 1.82) is 0 Å². The first kappa shape index (κ1) is 17.9. The summed E-state index contributed by atoms with van der Waals surface area (Å²) in [5, 5.41) is -0.126. The molecule has 0 unspecified atom stereocenters. The normalized spacial score (nSPS) is 15.0. The van der Waals surface area contributed by atoms with Crippen molar-refractivity contribution in [3.63, 3.8) is 0 Å². The van der Waals surface area contributed by atoms with E-state index in [0.29, 0.717) is 17.1 Å². The summed E-state index contributed by atoms with van der Waals surface area (Å²) in [6.07, 6.45) is 1.45. The monoisotopic (exact) mass is 379 g/mol. The third kappa shape index (κ3) is 3.39. The first-order chi connectivity index (χ1) is 12.4. The van der Waals surface area contributed by atoms with Crippen molar-refractivity contribution >= 4 is 29.5 Å². The molecule has 2 aromatic carbocycles. The minimum atomic E-state index is -1.13. The third-order valence-electron chi connectivity index (χ3n) is 3.59. The average Bonchev–Trinajstić information content (AvgIpc) is 2.98. The molecule has 0 saturated carbocycles. The van der Waals surface area contributed by atoms with Crippen molar-refractivity contribution in [3.05, 3.63) is 63.8 Å². The van der Waals surface area contributed by atoms with Crippen LogP contribution in [0, 0.1) is 11.6 Å². The Morgan fingerprint density at radius 1 is 1.12 bits per heavy atom. The fourth-order valence-electron chi connectivity index (χ4n) is 2.30. The van der Waals surface area contributed by atoms with Gasteiger partial charge in [-0.1, -0.05) is 11.6 Å². The van der Waals surface area contributed by atoms with E-state index in [1.807, 2.05) is 0 Å². The van der Waals surface area contributed by atoms with E-state index in [0.717, 1.165) is 12.1 Å². The summed E-state index contributed by atoms with van der Waals surface area (Å²) >= 11 is 5.89. The molecule has 134 valence electrons. The summed E-state index contributed by atoms with van der Waals surface area (Å²) in [4.78, 5) is 16.1. The molecule has 0 N–H and O–H groups in total. The summed E-state index contributed by atoms with van der Waals surface area (Å²) < 4.78 is 42.0. The van der Waals surface area contributed by atoms with E-state index in [9.17, 15) is 13.6 Å². The van der Waals surface area contributed by atoms with Crippen LogP contribution in [0.1, 0.15) is 11.1 Å². The number of esters is 1. The smallest absolute Gasteiger partial charge is 0.363 e. The van der Waals surface area contributed by atoms with Gasteiger partial charge in [-0.2, -0.15) is 0 Å². The van der Waals surface area contributed by atoms with Crippen LogP contribution < -0.4 is 9.47 Å². The molecule has 0 amide bonds. The number of methoxy groups -OCH3 is 2. The lowest BCUT2D eigenvalue weighted by Gasteiger charge is -2.07. The van der Waals surface area contributed by atoms with Gasteiger partial charge in [-0.15, -0.1) is 0 Å². The van der Waals surface area contributed by atoms with Gasteiger partial charge in [-0.3, -0.25) is 0 Å². The maximum atomic E-state index is 13.5. The highest BCUT2D eigenvalue weighted by Crippen LogP contribution is 2.29. The summed E-state index contributed by atoms with van der Waals surface area (Å²) in [6.45, 7) is 0. The van der Waals surface area contributed by atoms with Gasteiger partial charge < -0.3 is 14.2 Å². The summed E-state index contributed by atoms with van der Waals surface area (Å²) in [6, 6.07) is 6.61. The molecule has 0 saturated heterocycles. The Morgan fingerprint density at radius 2 is 1.85 bits per heavy atom. The number of ether oxygens (including phenoxy) is 3. The van der Waals surface area contributed by atoms with E-state index in [2.05, 4.69) is 4.99 Å². The largest absolute Gasteiger partial charge is 0.497 e. The van der Waals surface area contributed by atoms with Gasteiger partial charge in [0.15, 0.2) is 17.3 Å². The van der Waals surface area contributed by atoms with Crippen molar-refractivity contribution in [2.45, 2.75) is 0 Å². The first-order valence-electron chi connectivity index (χ1n) is 7.32. The zero-order valence-electron chi connectivity index (χ0n) is 13.7. The summed E-state index contributed by atoms with van der Waals surface area (Å²) in [5.74, 6) is -2.16. The second-order valence-electron chi connectivity index (χ2n) is 5.19. The molecular formula is C18H12ClF2NO4. The zero-order chi connectivity index (χ0) is 18.8. The Labute approximate surface area is 152 Å². The molecule has 0 atom stereocenters. The molecular weight excluding hydrogens is 368 g/mol. The minimum Gasteiger partial charge on any atom is -0.497 e. The number of benzene rings is 2. The lowest BCUT2D eigenvalue weighted by atomic mass is 10.1. The Bertz CT molecular complexity index is 956. The molecule has 0 bridgehead atoms. The molecule has 0 fully saturated rings.